The Morgan fingerprint density at radius 2 is 1.41 bits per heavy atom. The Morgan fingerprint density at radius 1 is 0.815 bits per heavy atom. The van der Waals surface area contributed by atoms with E-state index in [1.54, 1.807) is 4.90 Å². The van der Waals surface area contributed by atoms with Crippen molar-refractivity contribution < 1.29 is 4.79 Å². The van der Waals surface area contributed by atoms with Crippen molar-refractivity contribution in [1.82, 2.24) is 4.98 Å². The first-order valence-corrected chi connectivity index (χ1v) is 9.61. The molecule has 0 fully saturated rings. The summed E-state index contributed by atoms with van der Waals surface area (Å²) in [5.74, 6) is -0.0478. The van der Waals surface area contributed by atoms with E-state index in [1.807, 2.05) is 96.4 Å². The van der Waals surface area contributed by atoms with E-state index in [4.69, 9.17) is 4.98 Å². The maximum Gasteiger partial charge on any atom is 0.260 e. The average Bonchev–Trinajstić information content (AvgIpc) is 3.23. The fourth-order valence-corrected chi connectivity index (χ4v) is 3.69. The number of thiazole rings is 1. The SMILES string of the molecule is O=C(c1ccccc1)N(Cc1ccccc1)c1nc(-c2ccccc2)cs1. The molecule has 3 aromatic carbocycles. The lowest BCUT2D eigenvalue weighted by molar-refractivity contribution is 0.0985. The van der Waals surface area contributed by atoms with E-state index < -0.39 is 0 Å². The summed E-state index contributed by atoms with van der Waals surface area (Å²) in [6, 6.07) is 29.4. The first kappa shape index (κ1) is 17.2. The van der Waals surface area contributed by atoms with E-state index in [0.29, 0.717) is 17.2 Å². The predicted molar refractivity (Wildman–Crippen MR) is 111 cm³/mol. The Morgan fingerprint density at radius 3 is 2.07 bits per heavy atom. The molecule has 0 aliphatic heterocycles. The quantitative estimate of drug-likeness (QED) is 0.454. The average molecular weight is 370 g/mol. The molecule has 4 heteroatoms. The lowest BCUT2D eigenvalue weighted by atomic mass is 10.1. The molecule has 0 saturated carbocycles. The number of carbonyl (C=O) groups is 1. The van der Waals surface area contributed by atoms with Crippen molar-refractivity contribution in [1.29, 1.82) is 0 Å². The third-order valence-electron chi connectivity index (χ3n) is 4.24. The highest BCUT2D eigenvalue weighted by atomic mass is 32.1. The Hall–Kier alpha value is -3.24. The van der Waals surface area contributed by atoms with Crippen molar-refractivity contribution in [2.24, 2.45) is 0 Å². The molecule has 1 aromatic heterocycles. The Balaban J connectivity index is 1.70. The van der Waals surface area contributed by atoms with Crippen LogP contribution in [0.2, 0.25) is 0 Å². The summed E-state index contributed by atoms with van der Waals surface area (Å²) in [5, 5.41) is 2.70. The maximum atomic E-state index is 13.2. The molecule has 1 heterocycles. The molecular weight excluding hydrogens is 352 g/mol. The molecule has 4 rings (SSSR count). The topological polar surface area (TPSA) is 33.2 Å². The molecule has 0 unspecified atom stereocenters. The summed E-state index contributed by atoms with van der Waals surface area (Å²) in [6.45, 7) is 0.482. The van der Waals surface area contributed by atoms with Crippen molar-refractivity contribution in [2.75, 3.05) is 4.90 Å². The normalized spacial score (nSPS) is 10.5. The summed E-state index contributed by atoms with van der Waals surface area (Å²) >= 11 is 1.49. The zero-order valence-corrected chi connectivity index (χ0v) is 15.5. The third kappa shape index (κ3) is 3.96. The molecule has 0 spiro atoms. The number of rotatable bonds is 5. The van der Waals surface area contributed by atoms with Gasteiger partial charge in [-0.3, -0.25) is 9.69 Å². The van der Waals surface area contributed by atoms with Gasteiger partial charge >= 0.3 is 0 Å². The molecular formula is C23H18N2OS. The summed E-state index contributed by atoms with van der Waals surface area (Å²) in [4.78, 5) is 19.7. The van der Waals surface area contributed by atoms with Crippen molar-refractivity contribution in [3.8, 4) is 11.3 Å². The van der Waals surface area contributed by atoms with Gasteiger partial charge < -0.3 is 0 Å². The van der Waals surface area contributed by atoms with Gasteiger partial charge in [0.2, 0.25) is 0 Å². The highest BCUT2D eigenvalue weighted by molar-refractivity contribution is 7.14. The van der Waals surface area contributed by atoms with Gasteiger partial charge in [-0.25, -0.2) is 4.98 Å². The van der Waals surface area contributed by atoms with Gasteiger partial charge in [0, 0.05) is 16.5 Å². The van der Waals surface area contributed by atoms with Crippen LogP contribution in [0.5, 0.6) is 0 Å². The Kier molecular flexibility index (Phi) is 5.08. The lowest BCUT2D eigenvalue weighted by Gasteiger charge is -2.20. The predicted octanol–water partition coefficient (Wildman–Crippen LogP) is 5.66. The molecule has 0 atom stereocenters. The highest BCUT2D eigenvalue weighted by Gasteiger charge is 2.21. The molecule has 1 amide bonds. The van der Waals surface area contributed by atoms with Crippen LogP contribution in [0, 0.1) is 0 Å². The first-order valence-electron chi connectivity index (χ1n) is 8.73. The standard InChI is InChI=1S/C23H18N2OS/c26-22(20-14-8-3-9-15-20)25(16-18-10-4-1-5-11-18)23-24-21(17-27-23)19-12-6-2-7-13-19/h1-15,17H,16H2. The van der Waals surface area contributed by atoms with Crippen LogP contribution in [-0.4, -0.2) is 10.9 Å². The van der Waals surface area contributed by atoms with Gasteiger partial charge in [0.15, 0.2) is 5.13 Å². The van der Waals surface area contributed by atoms with Crippen LogP contribution >= 0.6 is 11.3 Å². The molecule has 0 aliphatic rings. The van der Waals surface area contributed by atoms with Crippen LogP contribution in [0.3, 0.4) is 0 Å². The van der Waals surface area contributed by atoms with Gasteiger partial charge in [-0.15, -0.1) is 11.3 Å². The van der Waals surface area contributed by atoms with Gasteiger partial charge in [-0.05, 0) is 17.7 Å². The summed E-state index contributed by atoms with van der Waals surface area (Å²) in [6.07, 6.45) is 0. The van der Waals surface area contributed by atoms with Crippen molar-refractivity contribution >= 4 is 22.4 Å². The molecule has 3 nitrogen and oxygen atoms in total. The van der Waals surface area contributed by atoms with E-state index in [-0.39, 0.29) is 5.91 Å². The molecule has 132 valence electrons. The summed E-state index contributed by atoms with van der Waals surface area (Å²) < 4.78 is 0. The molecule has 0 bridgehead atoms. The Bertz CT molecular complexity index is 1010. The number of aromatic nitrogens is 1. The first-order chi connectivity index (χ1) is 13.3. The minimum atomic E-state index is -0.0478. The number of carbonyl (C=O) groups excluding carboxylic acids is 1. The molecule has 27 heavy (non-hydrogen) atoms. The molecule has 4 aromatic rings. The van der Waals surface area contributed by atoms with Crippen LogP contribution in [0.4, 0.5) is 5.13 Å². The van der Waals surface area contributed by atoms with Crippen LogP contribution < -0.4 is 4.90 Å². The smallest absolute Gasteiger partial charge is 0.260 e. The van der Waals surface area contributed by atoms with Crippen LogP contribution in [0.15, 0.2) is 96.4 Å². The molecule has 0 saturated heterocycles. The second-order valence-electron chi connectivity index (χ2n) is 6.12. The molecule has 0 N–H and O–H groups in total. The van der Waals surface area contributed by atoms with E-state index in [9.17, 15) is 4.79 Å². The minimum Gasteiger partial charge on any atom is -0.279 e. The Labute approximate surface area is 162 Å². The van der Waals surface area contributed by atoms with Crippen LogP contribution in [-0.2, 0) is 6.54 Å². The van der Waals surface area contributed by atoms with Gasteiger partial charge in [-0.2, -0.15) is 0 Å². The fourth-order valence-electron chi connectivity index (χ4n) is 2.86. The second-order valence-corrected chi connectivity index (χ2v) is 6.96. The van der Waals surface area contributed by atoms with Crippen LogP contribution in [0.1, 0.15) is 15.9 Å². The summed E-state index contributed by atoms with van der Waals surface area (Å²) in [7, 11) is 0. The van der Waals surface area contributed by atoms with Crippen molar-refractivity contribution in [2.45, 2.75) is 6.54 Å². The lowest BCUT2D eigenvalue weighted by Crippen LogP contribution is -2.30. The monoisotopic (exact) mass is 370 g/mol. The second kappa shape index (κ2) is 7.98. The number of anilines is 1. The van der Waals surface area contributed by atoms with E-state index in [2.05, 4.69) is 0 Å². The van der Waals surface area contributed by atoms with Crippen LogP contribution in [0.25, 0.3) is 11.3 Å². The van der Waals surface area contributed by atoms with Gasteiger partial charge in [0.1, 0.15) is 0 Å². The van der Waals surface area contributed by atoms with Crippen molar-refractivity contribution in [3.05, 3.63) is 108 Å². The zero-order valence-electron chi connectivity index (χ0n) is 14.7. The van der Waals surface area contributed by atoms with E-state index in [1.165, 1.54) is 11.3 Å². The van der Waals surface area contributed by atoms with E-state index >= 15 is 0 Å². The fraction of sp³-hybridized carbons (Fsp3) is 0.0435. The largest absolute Gasteiger partial charge is 0.279 e. The maximum absolute atomic E-state index is 13.2. The number of benzene rings is 3. The van der Waals surface area contributed by atoms with Gasteiger partial charge in [-0.1, -0.05) is 78.9 Å². The van der Waals surface area contributed by atoms with Crippen molar-refractivity contribution in [3.63, 3.8) is 0 Å². The van der Waals surface area contributed by atoms with E-state index in [0.717, 1.165) is 16.8 Å². The number of hydrogen-bond acceptors (Lipinski definition) is 3. The number of nitrogens with zero attached hydrogens (tertiary/aromatic N) is 2. The molecule has 0 aliphatic carbocycles. The minimum absolute atomic E-state index is 0.0478. The zero-order chi connectivity index (χ0) is 18.5. The third-order valence-corrected chi connectivity index (χ3v) is 5.11. The number of amides is 1. The highest BCUT2D eigenvalue weighted by Crippen LogP contribution is 2.29. The summed E-state index contributed by atoms with van der Waals surface area (Å²) in [5.41, 5.74) is 3.66. The van der Waals surface area contributed by atoms with Gasteiger partial charge in [0.25, 0.3) is 5.91 Å². The van der Waals surface area contributed by atoms with Gasteiger partial charge in [0.05, 0.1) is 12.2 Å². The molecule has 0 radical (unpaired) electrons. The number of hydrogen-bond donors (Lipinski definition) is 0.